The fourth-order valence-electron chi connectivity index (χ4n) is 4.32. The predicted octanol–water partition coefficient (Wildman–Crippen LogP) is 7.04. The van der Waals surface area contributed by atoms with E-state index in [0.29, 0.717) is 39.3 Å². The third kappa shape index (κ3) is 8.40. The van der Waals surface area contributed by atoms with Gasteiger partial charge in [0.05, 0.1) is 20.6 Å². The van der Waals surface area contributed by atoms with Crippen molar-refractivity contribution < 1.29 is 18.0 Å². The van der Waals surface area contributed by atoms with Gasteiger partial charge in [-0.25, -0.2) is 8.42 Å². The molecule has 3 rings (SSSR count). The molecule has 3 aromatic rings. The summed E-state index contributed by atoms with van der Waals surface area (Å²) in [6, 6.07) is 15.1. The number of halogens is 3. The van der Waals surface area contributed by atoms with Gasteiger partial charge in [0.15, 0.2) is 0 Å². The second-order valence-corrected chi connectivity index (χ2v) is 13.7. The van der Waals surface area contributed by atoms with Crippen molar-refractivity contribution in [2.75, 3.05) is 17.4 Å². The fraction of sp³-hybridized carbons (Fsp3) is 0.355. The number of carbonyl (C=O) groups is 2. The Bertz CT molecular complexity index is 1530. The van der Waals surface area contributed by atoms with Crippen molar-refractivity contribution in [3.63, 3.8) is 0 Å². The van der Waals surface area contributed by atoms with Gasteiger partial charge in [0.2, 0.25) is 11.8 Å². The van der Waals surface area contributed by atoms with Gasteiger partial charge < -0.3 is 10.2 Å². The zero-order valence-electron chi connectivity index (χ0n) is 24.3. The summed E-state index contributed by atoms with van der Waals surface area (Å²) in [5.41, 5.74) is 2.81. The van der Waals surface area contributed by atoms with E-state index in [0.717, 1.165) is 15.4 Å². The highest BCUT2D eigenvalue weighted by Crippen LogP contribution is 2.28. The van der Waals surface area contributed by atoms with Crippen LogP contribution < -0.4 is 9.62 Å². The van der Waals surface area contributed by atoms with Gasteiger partial charge in [-0.15, -0.1) is 0 Å². The molecule has 3 aromatic carbocycles. The lowest BCUT2D eigenvalue weighted by molar-refractivity contribution is -0.140. The van der Waals surface area contributed by atoms with E-state index in [1.54, 1.807) is 43.3 Å². The standard InChI is InChI=1S/C31H36Cl3N3O4S/c1-6-29(31(39)35-17-20(2)3)36(18-23-8-14-27(33)28(34)16-23)30(38)19-37(25-11-7-21(4)22(5)15-25)42(40,41)26-12-9-24(32)10-13-26/h7-16,20,29H,6,17-19H2,1-5H3,(H,35,39)/t29-/m0/s1. The third-order valence-corrected chi connectivity index (χ3v) is 9.65. The Morgan fingerprint density at radius 3 is 2.12 bits per heavy atom. The third-order valence-electron chi connectivity index (χ3n) is 6.87. The maximum absolute atomic E-state index is 14.2. The van der Waals surface area contributed by atoms with Crippen LogP contribution in [0.3, 0.4) is 0 Å². The Morgan fingerprint density at radius 2 is 1.55 bits per heavy atom. The molecule has 0 aliphatic heterocycles. The molecule has 0 aliphatic carbocycles. The van der Waals surface area contributed by atoms with Crippen LogP contribution >= 0.6 is 34.8 Å². The summed E-state index contributed by atoms with van der Waals surface area (Å²) in [6.07, 6.45) is 0.310. The van der Waals surface area contributed by atoms with Crippen LogP contribution in [0.5, 0.6) is 0 Å². The molecule has 0 aromatic heterocycles. The summed E-state index contributed by atoms with van der Waals surface area (Å²) in [5, 5.41) is 3.96. The number of hydrogen-bond acceptors (Lipinski definition) is 4. The highest BCUT2D eigenvalue weighted by atomic mass is 35.5. The Morgan fingerprint density at radius 1 is 0.881 bits per heavy atom. The van der Waals surface area contributed by atoms with Crippen molar-refractivity contribution in [3.8, 4) is 0 Å². The van der Waals surface area contributed by atoms with E-state index < -0.39 is 28.5 Å². The number of nitrogens with one attached hydrogen (secondary N) is 1. The van der Waals surface area contributed by atoms with E-state index in [1.165, 1.54) is 29.2 Å². The summed E-state index contributed by atoms with van der Waals surface area (Å²) >= 11 is 18.4. The van der Waals surface area contributed by atoms with E-state index in [2.05, 4.69) is 5.32 Å². The van der Waals surface area contributed by atoms with E-state index in [9.17, 15) is 18.0 Å². The minimum absolute atomic E-state index is 0.0179. The zero-order chi connectivity index (χ0) is 31.2. The molecule has 0 saturated heterocycles. The predicted molar refractivity (Wildman–Crippen MR) is 171 cm³/mol. The van der Waals surface area contributed by atoms with Gasteiger partial charge in [0.1, 0.15) is 12.6 Å². The first-order valence-corrected chi connectivity index (χ1v) is 16.2. The van der Waals surface area contributed by atoms with Crippen molar-refractivity contribution >= 4 is 62.3 Å². The molecule has 0 saturated carbocycles. The molecule has 0 heterocycles. The van der Waals surface area contributed by atoms with Crippen molar-refractivity contribution in [1.82, 2.24) is 10.2 Å². The van der Waals surface area contributed by atoms with Crippen LogP contribution in [0.1, 0.15) is 43.9 Å². The lowest BCUT2D eigenvalue weighted by atomic mass is 10.1. The van der Waals surface area contributed by atoms with Crippen molar-refractivity contribution in [2.24, 2.45) is 5.92 Å². The van der Waals surface area contributed by atoms with Gasteiger partial charge in [-0.05, 0) is 91.4 Å². The molecule has 1 atom stereocenters. The molecule has 11 heteroatoms. The number of anilines is 1. The molecule has 42 heavy (non-hydrogen) atoms. The SMILES string of the molecule is CC[C@@H](C(=O)NCC(C)C)N(Cc1ccc(Cl)c(Cl)c1)C(=O)CN(c1ccc(C)c(C)c1)S(=O)(=O)c1ccc(Cl)cc1. The van der Waals surface area contributed by atoms with Gasteiger partial charge in [-0.2, -0.15) is 0 Å². The average Bonchev–Trinajstić information content (AvgIpc) is 2.94. The molecule has 0 spiro atoms. The van der Waals surface area contributed by atoms with Gasteiger partial charge in [0, 0.05) is 18.1 Å². The first-order chi connectivity index (χ1) is 19.7. The van der Waals surface area contributed by atoms with E-state index in [1.807, 2.05) is 27.7 Å². The molecule has 0 radical (unpaired) electrons. The lowest BCUT2D eigenvalue weighted by Crippen LogP contribution is -2.52. The molecule has 0 bridgehead atoms. The maximum atomic E-state index is 14.2. The summed E-state index contributed by atoms with van der Waals surface area (Å²) in [5.74, 6) is -0.670. The molecular weight excluding hydrogens is 617 g/mol. The van der Waals surface area contributed by atoms with Crippen LogP contribution in [0, 0.1) is 19.8 Å². The van der Waals surface area contributed by atoms with E-state index in [4.69, 9.17) is 34.8 Å². The number of benzene rings is 3. The molecular formula is C31H36Cl3N3O4S. The van der Waals surface area contributed by atoms with Crippen LogP contribution in [0.4, 0.5) is 5.69 Å². The van der Waals surface area contributed by atoms with Gasteiger partial charge >= 0.3 is 0 Å². The number of aryl methyl sites for hydroxylation is 2. The number of sulfonamides is 1. The molecule has 0 fully saturated rings. The normalized spacial score (nSPS) is 12.2. The lowest BCUT2D eigenvalue weighted by Gasteiger charge is -2.33. The zero-order valence-corrected chi connectivity index (χ0v) is 27.4. The highest BCUT2D eigenvalue weighted by Gasteiger charge is 2.34. The van der Waals surface area contributed by atoms with Crippen LogP contribution in [-0.2, 0) is 26.2 Å². The summed E-state index contributed by atoms with van der Waals surface area (Å²) < 4.78 is 29.1. The van der Waals surface area contributed by atoms with E-state index in [-0.39, 0.29) is 23.3 Å². The van der Waals surface area contributed by atoms with Crippen LogP contribution in [0.15, 0.2) is 65.6 Å². The van der Waals surface area contributed by atoms with Crippen LogP contribution in [0.25, 0.3) is 0 Å². The number of hydrogen-bond donors (Lipinski definition) is 1. The van der Waals surface area contributed by atoms with E-state index >= 15 is 0 Å². The number of carbonyl (C=O) groups excluding carboxylic acids is 2. The first-order valence-electron chi connectivity index (χ1n) is 13.6. The van der Waals surface area contributed by atoms with Crippen molar-refractivity contribution in [1.29, 1.82) is 0 Å². The largest absolute Gasteiger partial charge is 0.354 e. The van der Waals surface area contributed by atoms with Gasteiger partial charge in [-0.1, -0.05) is 67.7 Å². The van der Waals surface area contributed by atoms with Crippen LogP contribution in [-0.4, -0.2) is 44.3 Å². The number of nitrogens with zero attached hydrogens (tertiary/aromatic N) is 2. The molecule has 7 nitrogen and oxygen atoms in total. The summed E-state index contributed by atoms with van der Waals surface area (Å²) in [7, 11) is -4.20. The van der Waals surface area contributed by atoms with Crippen LogP contribution in [0.2, 0.25) is 15.1 Å². The maximum Gasteiger partial charge on any atom is 0.264 e. The summed E-state index contributed by atoms with van der Waals surface area (Å²) in [4.78, 5) is 28.9. The minimum Gasteiger partial charge on any atom is -0.354 e. The molecule has 0 unspecified atom stereocenters. The minimum atomic E-state index is -4.20. The smallest absolute Gasteiger partial charge is 0.264 e. The molecule has 1 N–H and O–H groups in total. The van der Waals surface area contributed by atoms with Crippen molar-refractivity contribution in [2.45, 2.75) is 58.5 Å². The quantitative estimate of drug-likeness (QED) is 0.227. The second-order valence-electron chi connectivity index (χ2n) is 10.6. The molecule has 0 aliphatic rings. The summed E-state index contributed by atoms with van der Waals surface area (Å²) in [6.45, 7) is 9.46. The Kier molecular flexibility index (Phi) is 11.7. The monoisotopic (exact) mass is 651 g/mol. The second kappa shape index (κ2) is 14.6. The Labute approximate surface area is 263 Å². The van der Waals surface area contributed by atoms with Crippen molar-refractivity contribution in [3.05, 3.63) is 92.4 Å². The Balaban J connectivity index is 2.09. The number of amides is 2. The fourth-order valence-corrected chi connectivity index (χ4v) is 6.17. The average molecular weight is 653 g/mol. The van der Waals surface area contributed by atoms with Gasteiger partial charge in [0.25, 0.3) is 10.0 Å². The molecule has 2 amide bonds. The van der Waals surface area contributed by atoms with Gasteiger partial charge in [-0.3, -0.25) is 13.9 Å². The molecule has 226 valence electrons. The topological polar surface area (TPSA) is 86.8 Å². The first kappa shape index (κ1) is 33.7. The highest BCUT2D eigenvalue weighted by molar-refractivity contribution is 7.92. The number of rotatable bonds is 12. The Hall–Kier alpha value is -2.78.